The van der Waals surface area contributed by atoms with Crippen molar-refractivity contribution >= 4 is 5.97 Å². The zero-order valence-corrected chi connectivity index (χ0v) is 10.6. The number of carboxylic acid groups (broad SMARTS) is 1. The first kappa shape index (κ1) is 12.6. The number of rotatable bonds is 5. The molecule has 1 aliphatic rings. The minimum Gasteiger partial charge on any atom is -0.478 e. The van der Waals surface area contributed by atoms with E-state index in [1.54, 1.807) is 0 Å². The molecule has 0 spiro atoms. The summed E-state index contributed by atoms with van der Waals surface area (Å²) in [4.78, 5) is 10.9. The number of benzene rings is 1. The highest BCUT2D eigenvalue weighted by Gasteiger charge is 2.17. The van der Waals surface area contributed by atoms with Crippen molar-refractivity contribution in [2.45, 2.75) is 13.1 Å². The molecule has 0 saturated heterocycles. The number of fused-ring (bicyclic) bond motifs is 1. The minimum atomic E-state index is -0.993. The van der Waals surface area contributed by atoms with Crippen LogP contribution in [0.25, 0.3) is 0 Å². The summed E-state index contributed by atoms with van der Waals surface area (Å²) in [5, 5.41) is 12.1. The molecule has 0 radical (unpaired) electrons. The van der Waals surface area contributed by atoms with E-state index in [2.05, 4.69) is 5.32 Å². The van der Waals surface area contributed by atoms with Gasteiger partial charge in [-0.05, 0) is 12.1 Å². The first-order valence-corrected chi connectivity index (χ1v) is 6.13. The Balaban J connectivity index is 1.65. The van der Waals surface area contributed by atoms with Crippen LogP contribution < -0.4 is 14.8 Å². The smallest absolute Gasteiger partial charge is 0.339 e. The number of hydrogen-bond donors (Lipinski definition) is 2. The maximum atomic E-state index is 10.9. The third-order valence-corrected chi connectivity index (χ3v) is 3.05. The molecule has 1 aromatic heterocycles. The lowest BCUT2D eigenvalue weighted by Gasteiger charge is -2.07. The summed E-state index contributed by atoms with van der Waals surface area (Å²) in [7, 11) is 0. The molecule has 0 unspecified atom stereocenters. The molecule has 3 rings (SSSR count). The Hall–Kier alpha value is -2.47. The Kier molecular flexibility index (Phi) is 3.30. The standard InChI is InChI=1S/C14H13NO5/c16-14(17)10-4-5-18-12(10)7-15-6-9-2-1-3-11-13(9)20-8-19-11/h1-5,15H,6-8H2,(H,16,17). The summed E-state index contributed by atoms with van der Waals surface area (Å²) in [6.07, 6.45) is 1.37. The molecule has 2 aromatic rings. The quantitative estimate of drug-likeness (QED) is 0.868. The van der Waals surface area contributed by atoms with Gasteiger partial charge < -0.3 is 24.3 Å². The number of para-hydroxylation sites is 1. The Bertz CT molecular complexity index is 634. The van der Waals surface area contributed by atoms with E-state index >= 15 is 0 Å². The first-order valence-electron chi connectivity index (χ1n) is 6.13. The van der Waals surface area contributed by atoms with E-state index in [0.717, 1.165) is 17.1 Å². The van der Waals surface area contributed by atoms with E-state index in [0.29, 0.717) is 18.8 Å². The SMILES string of the molecule is O=C(O)c1ccoc1CNCc1cccc2c1OCO2. The zero-order chi connectivity index (χ0) is 13.9. The molecule has 0 saturated carbocycles. The Morgan fingerprint density at radius 2 is 2.15 bits per heavy atom. The summed E-state index contributed by atoms with van der Waals surface area (Å²) in [5.41, 5.74) is 1.14. The van der Waals surface area contributed by atoms with Crippen LogP contribution >= 0.6 is 0 Å². The lowest BCUT2D eigenvalue weighted by atomic mass is 10.2. The highest BCUT2D eigenvalue weighted by atomic mass is 16.7. The van der Waals surface area contributed by atoms with Crippen LogP contribution in [0.15, 0.2) is 34.9 Å². The number of aromatic carboxylic acids is 1. The summed E-state index contributed by atoms with van der Waals surface area (Å²) in [5.74, 6) is 0.876. The van der Waals surface area contributed by atoms with Crippen LogP contribution in [-0.2, 0) is 13.1 Å². The fourth-order valence-corrected chi connectivity index (χ4v) is 2.11. The number of furan rings is 1. The molecule has 104 valence electrons. The number of carbonyl (C=O) groups is 1. The molecular weight excluding hydrogens is 262 g/mol. The molecule has 2 N–H and O–H groups in total. The molecule has 2 heterocycles. The van der Waals surface area contributed by atoms with E-state index in [9.17, 15) is 4.79 Å². The second kappa shape index (κ2) is 5.26. The molecule has 0 aliphatic carbocycles. The summed E-state index contributed by atoms with van der Waals surface area (Å²) >= 11 is 0. The average Bonchev–Trinajstić information content (AvgIpc) is 3.07. The number of carboxylic acids is 1. The summed E-state index contributed by atoms with van der Waals surface area (Å²) in [6.45, 7) is 1.10. The maximum absolute atomic E-state index is 10.9. The third-order valence-electron chi connectivity index (χ3n) is 3.05. The maximum Gasteiger partial charge on any atom is 0.339 e. The molecule has 1 aromatic carbocycles. The highest BCUT2D eigenvalue weighted by Crippen LogP contribution is 2.35. The van der Waals surface area contributed by atoms with Crippen LogP contribution in [-0.4, -0.2) is 17.9 Å². The van der Waals surface area contributed by atoms with Crippen molar-refractivity contribution in [3.05, 3.63) is 47.4 Å². The monoisotopic (exact) mass is 275 g/mol. The van der Waals surface area contributed by atoms with Crippen molar-refractivity contribution < 1.29 is 23.8 Å². The Morgan fingerprint density at radius 1 is 1.25 bits per heavy atom. The Labute approximate surface area is 114 Å². The molecule has 0 atom stereocenters. The van der Waals surface area contributed by atoms with Gasteiger partial charge in [-0.1, -0.05) is 12.1 Å². The second-order valence-corrected chi connectivity index (χ2v) is 4.32. The van der Waals surface area contributed by atoms with Gasteiger partial charge >= 0.3 is 5.97 Å². The second-order valence-electron chi connectivity index (χ2n) is 4.32. The molecule has 0 fully saturated rings. The largest absolute Gasteiger partial charge is 0.478 e. The van der Waals surface area contributed by atoms with Crippen LogP contribution in [0.2, 0.25) is 0 Å². The molecule has 0 amide bonds. The van der Waals surface area contributed by atoms with Gasteiger partial charge in [0.15, 0.2) is 11.5 Å². The third kappa shape index (κ3) is 2.33. The van der Waals surface area contributed by atoms with E-state index in [1.165, 1.54) is 12.3 Å². The molecule has 1 aliphatic heterocycles. The van der Waals surface area contributed by atoms with E-state index in [1.807, 2.05) is 18.2 Å². The molecule has 6 nitrogen and oxygen atoms in total. The lowest BCUT2D eigenvalue weighted by molar-refractivity contribution is 0.0694. The molecule has 6 heteroatoms. The predicted molar refractivity (Wildman–Crippen MR) is 68.8 cm³/mol. The van der Waals surface area contributed by atoms with Crippen LogP contribution in [0, 0.1) is 0 Å². The van der Waals surface area contributed by atoms with Gasteiger partial charge in [0, 0.05) is 12.1 Å². The van der Waals surface area contributed by atoms with Gasteiger partial charge in [-0.25, -0.2) is 4.79 Å². The number of ether oxygens (including phenoxy) is 2. The summed E-state index contributed by atoms with van der Waals surface area (Å²) in [6, 6.07) is 7.11. The number of nitrogens with one attached hydrogen (secondary N) is 1. The van der Waals surface area contributed by atoms with E-state index < -0.39 is 5.97 Å². The van der Waals surface area contributed by atoms with Crippen LogP contribution in [0.5, 0.6) is 11.5 Å². The Morgan fingerprint density at radius 3 is 3.00 bits per heavy atom. The normalized spacial score (nSPS) is 12.6. The highest BCUT2D eigenvalue weighted by molar-refractivity contribution is 5.88. The van der Waals surface area contributed by atoms with Crippen LogP contribution in [0.4, 0.5) is 0 Å². The van der Waals surface area contributed by atoms with Gasteiger partial charge in [-0.3, -0.25) is 0 Å². The van der Waals surface area contributed by atoms with Crippen molar-refractivity contribution in [3.63, 3.8) is 0 Å². The minimum absolute atomic E-state index is 0.176. The van der Waals surface area contributed by atoms with Crippen LogP contribution in [0.1, 0.15) is 21.7 Å². The van der Waals surface area contributed by atoms with Gasteiger partial charge in [-0.15, -0.1) is 0 Å². The van der Waals surface area contributed by atoms with Crippen molar-refractivity contribution in [1.29, 1.82) is 0 Å². The van der Waals surface area contributed by atoms with Gasteiger partial charge in [0.25, 0.3) is 0 Å². The van der Waals surface area contributed by atoms with E-state index in [-0.39, 0.29) is 12.4 Å². The average molecular weight is 275 g/mol. The van der Waals surface area contributed by atoms with Crippen molar-refractivity contribution in [2.75, 3.05) is 6.79 Å². The zero-order valence-electron chi connectivity index (χ0n) is 10.6. The van der Waals surface area contributed by atoms with Gasteiger partial charge in [0.1, 0.15) is 11.3 Å². The van der Waals surface area contributed by atoms with Gasteiger partial charge in [0.2, 0.25) is 6.79 Å². The topological polar surface area (TPSA) is 80.9 Å². The van der Waals surface area contributed by atoms with E-state index in [4.69, 9.17) is 19.0 Å². The van der Waals surface area contributed by atoms with Crippen molar-refractivity contribution in [2.24, 2.45) is 0 Å². The predicted octanol–water partition coefficient (Wildman–Crippen LogP) is 2.00. The van der Waals surface area contributed by atoms with Gasteiger partial charge in [-0.2, -0.15) is 0 Å². The van der Waals surface area contributed by atoms with Gasteiger partial charge in [0.05, 0.1) is 12.8 Å². The first-order chi connectivity index (χ1) is 9.75. The molecular formula is C14H13NO5. The van der Waals surface area contributed by atoms with Crippen molar-refractivity contribution in [3.8, 4) is 11.5 Å². The fraction of sp³-hybridized carbons (Fsp3) is 0.214. The fourth-order valence-electron chi connectivity index (χ4n) is 2.11. The van der Waals surface area contributed by atoms with Crippen molar-refractivity contribution in [1.82, 2.24) is 5.32 Å². The number of hydrogen-bond acceptors (Lipinski definition) is 5. The lowest BCUT2D eigenvalue weighted by Crippen LogP contribution is -2.14. The van der Waals surface area contributed by atoms with Crippen LogP contribution in [0.3, 0.4) is 0 Å². The molecule has 20 heavy (non-hydrogen) atoms. The molecule has 0 bridgehead atoms. The summed E-state index contributed by atoms with van der Waals surface area (Å²) < 4.78 is 15.9.